The molecule has 2 aromatic heterocycles. The molecule has 25 heavy (non-hydrogen) atoms. The van der Waals surface area contributed by atoms with Crippen molar-refractivity contribution in [3.05, 3.63) is 36.2 Å². The Morgan fingerprint density at radius 3 is 2.84 bits per heavy atom. The third-order valence-electron chi connectivity index (χ3n) is 4.31. The number of piperidine rings is 1. The predicted molar refractivity (Wildman–Crippen MR) is 98.9 cm³/mol. The van der Waals surface area contributed by atoms with Crippen LogP contribution in [0.1, 0.15) is 18.4 Å². The van der Waals surface area contributed by atoms with Gasteiger partial charge in [0, 0.05) is 39.6 Å². The second-order valence-corrected chi connectivity index (χ2v) is 6.60. The van der Waals surface area contributed by atoms with E-state index in [0.717, 1.165) is 30.8 Å². The van der Waals surface area contributed by atoms with Crippen molar-refractivity contribution in [2.75, 3.05) is 42.3 Å². The molecule has 3 heterocycles. The second-order valence-electron chi connectivity index (χ2n) is 6.60. The van der Waals surface area contributed by atoms with Gasteiger partial charge in [-0.05, 0) is 37.5 Å². The molecule has 1 aliphatic heterocycles. The van der Waals surface area contributed by atoms with Crippen molar-refractivity contribution in [1.29, 1.82) is 0 Å². The summed E-state index contributed by atoms with van der Waals surface area (Å²) >= 11 is 0. The van der Waals surface area contributed by atoms with Gasteiger partial charge in [-0.3, -0.25) is 4.79 Å². The molecular formula is C18H24N6O. The molecule has 132 valence electrons. The largest absolute Gasteiger partial charge is 0.356 e. The monoisotopic (exact) mass is 340 g/mol. The fraction of sp³-hybridized carbons (Fsp3) is 0.444. The van der Waals surface area contributed by atoms with Crippen LogP contribution in [0.3, 0.4) is 0 Å². The molecule has 1 fully saturated rings. The number of nitrogens with zero attached hydrogens (tertiary/aromatic N) is 5. The lowest BCUT2D eigenvalue weighted by Crippen LogP contribution is -2.41. The van der Waals surface area contributed by atoms with E-state index >= 15 is 0 Å². The smallest absolute Gasteiger partial charge is 0.230 e. The van der Waals surface area contributed by atoms with Crippen LogP contribution in [0, 0.1) is 12.8 Å². The Hall–Kier alpha value is -2.70. The molecule has 2 aromatic rings. The van der Waals surface area contributed by atoms with Crippen molar-refractivity contribution in [2.24, 2.45) is 5.92 Å². The molecule has 3 rings (SSSR count). The van der Waals surface area contributed by atoms with Gasteiger partial charge in [0.1, 0.15) is 11.6 Å². The lowest BCUT2D eigenvalue weighted by Gasteiger charge is -2.33. The number of amides is 1. The number of aryl methyl sites for hydroxylation is 1. The number of hydrogen-bond acceptors (Lipinski definition) is 6. The van der Waals surface area contributed by atoms with Gasteiger partial charge in [0.15, 0.2) is 0 Å². The minimum Gasteiger partial charge on any atom is -0.356 e. The lowest BCUT2D eigenvalue weighted by molar-refractivity contribution is -0.120. The van der Waals surface area contributed by atoms with Gasteiger partial charge in [-0.2, -0.15) is 4.98 Å². The molecule has 1 amide bonds. The van der Waals surface area contributed by atoms with Gasteiger partial charge in [-0.15, -0.1) is 0 Å². The summed E-state index contributed by atoms with van der Waals surface area (Å²) in [5.41, 5.74) is 1.07. The number of rotatable bonds is 4. The maximum absolute atomic E-state index is 12.6. The first-order chi connectivity index (χ1) is 12.0. The van der Waals surface area contributed by atoms with Gasteiger partial charge in [-0.1, -0.05) is 6.07 Å². The van der Waals surface area contributed by atoms with E-state index in [1.807, 2.05) is 44.1 Å². The van der Waals surface area contributed by atoms with E-state index in [1.54, 1.807) is 12.4 Å². The summed E-state index contributed by atoms with van der Waals surface area (Å²) in [7, 11) is 3.83. The average Bonchev–Trinajstić information content (AvgIpc) is 2.64. The molecule has 0 radical (unpaired) electrons. The minimum absolute atomic E-state index is 0.0166. The first-order valence-corrected chi connectivity index (χ1v) is 8.52. The Bertz CT molecular complexity index is 731. The van der Waals surface area contributed by atoms with Crippen molar-refractivity contribution in [1.82, 2.24) is 15.0 Å². The van der Waals surface area contributed by atoms with Crippen molar-refractivity contribution in [3.8, 4) is 0 Å². The van der Waals surface area contributed by atoms with E-state index in [0.29, 0.717) is 18.3 Å². The number of pyridine rings is 1. The third-order valence-corrected chi connectivity index (χ3v) is 4.31. The van der Waals surface area contributed by atoms with Crippen LogP contribution in [0.5, 0.6) is 0 Å². The SMILES string of the molecule is Cc1ccc(NC(=O)C2CCCN(c3ccnc(N(C)C)n3)C2)nc1. The Balaban J connectivity index is 1.67. The predicted octanol–water partition coefficient (Wildman–Crippen LogP) is 2.10. The topological polar surface area (TPSA) is 74.2 Å². The summed E-state index contributed by atoms with van der Waals surface area (Å²) in [6.07, 6.45) is 5.35. The van der Waals surface area contributed by atoms with Crippen molar-refractivity contribution >= 4 is 23.5 Å². The van der Waals surface area contributed by atoms with E-state index in [1.165, 1.54) is 0 Å². The quantitative estimate of drug-likeness (QED) is 0.919. The maximum Gasteiger partial charge on any atom is 0.230 e. The zero-order valence-electron chi connectivity index (χ0n) is 14.9. The molecular weight excluding hydrogens is 316 g/mol. The van der Waals surface area contributed by atoms with Gasteiger partial charge >= 0.3 is 0 Å². The molecule has 0 aromatic carbocycles. The van der Waals surface area contributed by atoms with Crippen LogP contribution in [0.15, 0.2) is 30.6 Å². The van der Waals surface area contributed by atoms with Gasteiger partial charge in [-0.25, -0.2) is 9.97 Å². The Labute approximate surface area is 148 Å². The molecule has 0 bridgehead atoms. The fourth-order valence-electron chi connectivity index (χ4n) is 2.90. The molecule has 1 saturated heterocycles. The van der Waals surface area contributed by atoms with E-state index < -0.39 is 0 Å². The van der Waals surface area contributed by atoms with E-state index in [9.17, 15) is 4.79 Å². The van der Waals surface area contributed by atoms with Crippen LogP contribution < -0.4 is 15.1 Å². The molecule has 7 nitrogen and oxygen atoms in total. The molecule has 1 aliphatic rings. The molecule has 0 aliphatic carbocycles. The van der Waals surface area contributed by atoms with Crippen molar-refractivity contribution < 1.29 is 4.79 Å². The molecule has 1 N–H and O–H groups in total. The summed E-state index contributed by atoms with van der Waals surface area (Å²) in [6, 6.07) is 5.68. The highest BCUT2D eigenvalue weighted by atomic mass is 16.2. The zero-order valence-corrected chi connectivity index (χ0v) is 14.9. The minimum atomic E-state index is -0.0744. The first kappa shape index (κ1) is 17.1. The number of aromatic nitrogens is 3. The summed E-state index contributed by atoms with van der Waals surface area (Å²) in [6.45, 7) is 3.53. The Kier molecular flexibility index (Phi) is 5.11. The number of carbonyl (C=O) groups is 1. The average molecular weight is 340 g/mol. The standard InChI is InChI=1S/C18H24N6O/c1-13-6-7-15(20-11-13)21-17(25)14-5-4-10-24(12-14)16-8-9-19-18(22-16)23(2)3/h6-9,11,14H,4-5,10,12H2,1-3H3,(H,20,21,25). The Morgan fingerprint density at radius 1 is 1.28 bits per heavy atom. The highest BCUT2D eigenvalue weighted by molar-refractivity contribution is 5.92. The highest BCUT2D eigenvalue weighted by Gasteiger charge is 2.27. The van der Waals surface area contributed by atoms with Gasteiger partial charge in [0.05, 0.1) is 5.92 Å². The van der Waals surface area contributed by atoms with Crippen LogP contribution in [-0.2, 0) is 4.79 Å². The van der Waals surface area contributed by atoms with E-state index in [-0.39, 0.29) is 11.8 Å². The second kappa shape index (κ2) is 7.46. The number of nitrogens with one attached hydrogen (secondary N) is 1. The van der Waals surface area contributed by atoms with Gasteiger partial charge in [0.2, 0.25) is 11.9 Å². The fourth-order valence-corrected chi connectivity index (χ4v) is 2.90. The van der Waals surface area contributed by atoms with E-state index in [2.05, 4.69) is 25.2 Å². The lowest BCUT2D eigenvalue weighted by atomic mass is 9.97. The third kappa shape index (κ3) is 4.23. The van der Waals surface area contributed by atoms with Crippen LogP contribution in [0.2, 0.25) is 0 Å². The van der Waals surface area contributed by atoms with Gasteiger partial charge < -0.3 is 15.1 Å². The highest BCUT2D eigenvalue weighted by Crippen LogP contribution is 2.23. The number of hydrogen-bond donors (Lipinski definition) is 1. The van der Waals surface area contributed by atoms with Crippen molar-refractivity contribution in [3.63, 3.8) is 0 Å². The maximum atomic E-state index is 12.6. The molecule has 0 spiro atoms. The summed E-state index contributed by atoms with van der Waals surface area (Å²) < 4.78 is 0. The molecule has 1 atom stereocenters. The molecule has 0 saturated carbocycles. The van der Waals surface area contributed by atoms with E-state index in [4.69, 9.17) is 0 Å². The normalized spacial score (nSPS) is 17.2. The summed E-state index contributed by atoms with van der Waals surface area (Å²) in [5.74, 6) is 2.08. The summed E-state index contributed by atoms with van der Waals surface area (Å²) in [4.78, 5) is 29.7. The number of anilines is 3. The first-order valence-electron chi connectivity index (χ1n) is 8.52. The zero-order chi connectivity index (χ0) is 17.8. The van der Waals surface area contributed by atoms with Gasteiger partial charge in [0.25, 0.3) is 0 Å². The van der Waals surface area contributed by atoms with Crippen LogP contribution >= 0.6 is 0 Å². The number of carbonyl (C=O) groups excluding carboxylic acids is 1. The summed E-state index contributed by atoms with van der Waals surface area (Å²) in [5, 5.41) is 2.92. The Morgan fingerprint density at radius 2 is 2.12 bits per heavy atom. The van der Waals surface area contributed by atoms with Crippen molar-refractivity contribution in [2.45, 2.75) is 19.8 Å². The molecule has 1 unspecified atom stereocenters. The van der Waals surface area contributed by atoms with Crippen LogP contribution in [0.25, 0.3) is 0 Å². The molecule has 7 heteroatoms. The van der Waals surface area contributed by atoms with Crippen LogP contribution in [-0.4, -0.2) is 48.0 Å². The van der Waals surface area contributed by atoms with Crippen LogP contribution in [0.4, 0.5) is 17.6 Å².